The van der Waals surface area contributed by atoms with E-state index in [-0.39, 0.29) is 24.0 Å². The first kappa shape index (κ1) is 20.8. The predicted octanol–water partition coefficient (Wildman–Crippen LogP) is 2.66. The van der Waals surface area contributed by atoms with Gasteiger partial charge in [0.05, 0.1) is 32.3 Å². The molecule has 0 spiro atoms. The van der Waals surface area contributed by atoms with Gasteiger partial charge in [0.25, 0.3) is 5.91 Å². The van der Waals surface area contributed by atoms with E-state index in [0.717, 1.165) is 5.56 Å². The zero-order chi connectivity index (χ0) is 20.7. The van der Waals surface area contributed by atoms with Crippen molar-refractivity contribution in [3.8, 4) is 23.0 Å². The Bertz CT molecular complexity index is 854. The number of methoxy groups -OCH3 is 3. The fraction of sp³-hybridized carbons (Fsp3) is 0.316. The number of rotatable bonds is 9. The SMILES string of the molecule is COc1ccc(OCC(=O)N(C)Cc2ccc(OC)c(OC)c2)c([N+](=O)[O-])c1. The fourth-order valence-electron chi connectivity index (χ4n) is 2.48. The average molecular weight is 390 g/mol. The van der Waals surface area contributed by atoms with Gasteiger partial charge in [-0.05, 0) is 29.8 Å². The maximum atomic E-state index is 12.4. The summed E-state index contributed by atoms with van der Waals surface area (Å²) in [5, 5.41) is 11.2. The summed E-state index contributed by atoms with van der Waals surface area (Å²) in [7, 11) is 6.10. The van der Waals surface area contributed by atoms with Crippen LogP contribution in [0.2, 0.25) is 0 Å². The molecule has 0 saturated heterocycles. The molecule has 28 heavy (non-hydrogen) atoms. The van der Waals surface area contributed by atoms with Crippen LogP contribution in [-0.2, 0) is 11.3 Å². The number of amides is 1. The molecule has 0 heterocycles. The Morgan fingerprint density at radius 3 is 2.29 bits per heavy atom. The highest BCUT2D eigenvalue weighted by Gasteiger charge is 2.19. The second kappa shape index (κ2) is 9.45. The summed E-state index contributed by atoms with van der Waals surface area (Å²) < 4.78 is 20.8. The molecule has 0 aliphatic rings. The molecule has 0 atom stereocenters. The third-order valence-electron chi connectivity index (χ3n) is 4.01. The molecule has 0 saturated carbocycles. The number of hydrogen-bond acceptors (Lipinski definition) is 7. The highest BCUT2D eigenvalue weighted by Crippen LogP contribution is 2.31. The van der Waals surface area contributed by atoms with Gasteiger partial charge in [-0.3, -0.25) is 14.9 Å². The molecular formula is C19H22N2O7. The predicted molar refractivity (Wildman–Crippen MR) is 101 cm³/mol. The van der Waals surface area contributed by atoms with Crippen molar-refractivity contribution in [2.75, 3.05) is 35.0 Å². The molecule has 150 valence electrons. The molecule has 9 nitrogen and oxygen atoms in total. The van der Waals surface area contributed by atoms with E-state index in [0.29, 0.717) is 23.8 Å². The zero-order valence-electron chi connectivity index (χ0n) is 16.1. The average Bonchev–Trinajstić information content (AvgIpc) is 2.71. The lowest BCUT2D eigenvalue weighted by molar-refractivity contribution is -0.385. The maximum Gasteiger partial charge on any atom is 0.314 e. The molecule has 0 aliphatic heterocycles. The van der Waals surface area contributed by atoms with Crippen LogP contribution in [0.5, 0.6) is 23.0 Å². The Hall–Kier alpha value is -3.49. The molecule has 2 rings (SSSR count). The van der Waals surface area contributed by atoms with E-state index >= 15 is 0 Å². The minimum absolute atomic E-state index is 0.00123. The minimum atomic E-state index is -0.588. The Morgan fingerprint density at radius 2 is 1.68 bits per heavy atom. The summed E-state index contributed by atoms with van der Waals surface area (Å²) in [6, 6.07) is 9.52. The summed E-state index contributed by atoms with van der Waals surface area (Å²) in [6.45, 7) is -0.0236. The topological polar surface area (TPSA) is 100 Å². The van der Waals surface area contributed by atoms with E-state index in [9.17, 15) is 14.9 Å². The first-order valence-electron chi connectivity index (χ1n) is 8.29. The molecular weight excluding hydrogens is 368 g/mol. The monoisotopic (exact) mass is 390 g/mol. The Morgan fingerprint density at radius 1 is 1.00 bits per heavy atom. The van der Waals surface area contributed by atoms with E-state index in [1.54, 1.807) is 26.3 Å². The number of nitro benzene ring substituents is 1. The molecule has 0 N–H and O–H groups in total. The molecule has 9 heteroatoms. The Labute approximate surface area is 162 Å². The lowest BCUT2D eigenvalue weighted by Gasteiger charge is -2.18. The van der Waals surface area contributed by atoms with Gasteiger partial charge in [-0.2, -0.15) is 0 Å². The van der Waals surface area contributed by atoms with Gasteiger partial charge in [0.1, 0.15) is 5.75 Å². The molecule has 1 amide bonds. The zero-order valence-corrected chi connectivity index (χ0v) is 16.1. The molecule has 2 aromatic rings. The third kappa shape index (κ3) is 5.03. The van der Waals surface area contributed by atoms with Gasteiger partial charge < -0.3 is 23.8 Å². The number of benzene rings is 2. The lowest BCUT2D eigenvalue weighted by Crippen LogP contribution is -2.31. The van der Waals surface area contributed by atoms with Crippen LogP contribution in [0.25, 0.3) is 0 Å². The van der Waals surface area contributed by atoms with Gasteiger partial charge >= 0.3 is 5.69 Å². The van der Waals surface area contributed by atoms with Crippen molar-refractivity contribution in [1.82, 2.24) is 4.90 Å². The molecule has 2 aromatic carbocycles. The van der Waals surface area contributed by atoms with Gasteiger partial charge in [-0.25, -0.2) is 0 Å². The minimum Gasteiger partial charge on any atom is -0.496 e. The second-order valence-electron chi connectivity index (χ2n) is 5.82. The molecule has 0 bridgehead atoms. The maximum absolute atomic E-state index is 12.4. The summed E-state index contributed by atoms with van der Waals surface area (Å²) in [6.07, 6.45) is 0. The smallest absolute Gasteiger partial charge is 0.314 e. The lowest BCUT2D eigenvalue weighted by atomic mass is 10.2. The van der Waals surface area contributed by atoms with Crippen molar-refractivity contribution in [3.05, 3.63) is 52.1 Å². The standard InChI is InChI=1S/C19H22N2O7/c1-20(11-13-5-7-17(26-3)18(9-13)27-4)19(22)12-28-16-8-6-14(25-2)10-15(16)21(23)24/h5-10H,11-12H2,1-4H3. The van der Waals surface area contributed by atoms with Crippen LogP contribution in [0.4, 0.5) is 5.69 Å². The van der Waals surface area contributed by atoms with Gasteiger partial charge in [0.2, 0.25) is 0 Å². The third-order valence-corrected chi connectivity index (χ3v) is 4.01. The summed E-state index contributed by atoms with van der Waals surface area (Å²) in [5.41, 5.74) is 0.568. The first-order chi connectivity index (χ1) is 13.4. The Kier molecular flexibility index (Phi) is 7.02. The van der Waals surface area contributed by atoms with Crippen molar-refractivity contribution in [1.29, 1.82) is 0 Å². The van der Waals surface area contributed by atoms with Crippen LogP contribution in [0.15, 0.2) is 36.4 Å². The van der Waals surface area contributed by atoms with E-state index < -0.39 is 4.92 Å². The van der Waals surface area contributed by atoms with E-state index in [1.165, 1.54) is 37.3 Å². The van der Waals surface area contributed by atoms with Crippen LogP contribution in [0.1, 0.15) is 5.56 Å². The second-order valence-corrected chi connectivity index (χ2v) is 5.82. The molecule has 0 unspecified atom stereocenters. The number of carbonyl (C=O) groups excluding carboxylic acids is 1. The highest BCUT2D eigenvalue weighted by atomic mass is 16.6. The van der Waals surface area contributed by atoms with E-state index in [2.05, 4.69) is 0 Å². The molecule has 0 aliphatic carbocycles. The van der Waals surface area contributed by atoms with Crippen LogP contribution in [0, 0.1) is 10.1 Å². The fourth-order valence-corrected chi connectivity index (χ4v) is 2.48. The first-order valence-corrected chi connectivity index (χ1v) is 8.29. The molecule has 0 aromatic heterocycles. The summed E-state index contributed by atoms with van der Waals surface area (Å²) in [5.74, 6) is 1.15. The Balaban J connectivity index is 2.02. The van der Waals surface area contributed by atoms with Gasteiger partial charge in [-0.1, -0.05) is 6.07 Å². The normalized spacial score (nSPS) is 10.1. The number of hydrogen-bond donors (Lipinski definition) is 0. The van der Waals surface area contributed by atoms with Gasteiger partial charge in [0.15, 0.2) is 23.9 Å². The number of carbonyl (C=O) groups is 1. The van der Waals surface area contributed by atoms with Crippen molar-refractivity contribution < 1.29 is 28.7 Å². The molecule has 0 fully saturated rings. The van der Waals surface area contributed by atoms with Crippen molar-refractivity contribution in [2.45, 2.75) is 6.54 Å². The van der Waals surface area contributed by atoms with Crippen LogP contribution in [-0.4, -0.2) is 50.7 Å². The summed E-state index contributed by atoms with van der Waals surface area (Å²) >= 11 is 0. The van der Waals surface area contributed by atoms with Crippen LogP contribution < -0.4 is 18.9 Å². The number of ether oxygens (including phenoxy) is 4. The summed E-state index contributed by atoms with van der Waals surface area (Å²) in [4.78, 5) is 24.4. The molecule has 0 radical (unpaired) electrons. The van der Waals surface area contributed by atoms with Crippen molar-refractivity contribution in [2.24, 2.45) is 0 Å². The number of nitrogens with zero attached hydrogens (tertiary/aromatic N) is 2. The number of nitro groups is 1. The van der Waals surface area contributed by atoms with Gasteiger partial charge in [-0.15, -0.1) is 0 Å². The largest absolute Gasteiger partial charge is 0.496 e. The van der Waals surface area contributed by atoms with Crippen molar-refractivity contribution >= 4 is 11.6 Å². The van der Waals surface area contributed by atoms with Gasteiger partial charge in [0, 0.05) is 13.6 Å². The van der Waals surface area contributed by atoms with E-state index in [1.807, 2.05) is 6.07 Å². The van der Waals surface area contributed by atoms with E-state index in [4.69, 9.17) is 18.9 Å². The quantitative estimate of drug-likeness (QED) is 0.479. The highest BCUT2D eigenvalue weighted by molar-refractivity contribution is 5.77. The van der Waals surface area contributed by atoms with Crippen LogP contribution >= 0.6 is 0 Å². The van der Waals surface area contributed by atoms with Crippen molar-refractivity contribution in [3.63, 3.8) is 0 Å². The number of likely N-dealkylation sites (N-methyl/N-ethyl adjacent to an activating group) is 1. The van der Waals surface area contributed by atoms with Crippen LogP contribution in [0.3, 0.4) is 0 Å².